The molecule has 100 valence electrons. The number of aryl methyl sites for hydroxylation is 2. The number of benzene rings is 1. The molecule has 18 heavy (non-hydrogen) atoms. The highest BCUT2D eigenvalue weighted by Crippen LogP contribution is 2.16. The number of hydrogen-bond acceptors (Lipinski definition) is 1. The summed E-state index contributed by atoms with van der Waals surface area (Å²) in [5.41, 5.74) is 3.38. The van der Waals surface area contributed by atoms with Crippen molar-refractivity contribution in [2.45, 2.75) is 53.4 Å². The van der Waals surface area contributed by atoms with Gasteiger partial charge in [-0.2, -0.15) is 0 Å². The van der Waals surface area contributed by atoms with Gasteiger partial charge in [-0.3, -0.25) is 4.79 Å². The molecule has 0 saturated carbocycles. The van der Waals surface area contributed by atoms with Gasteiger partial charge in [-0.05, 0) is 43.5 Å². The van der Waals surface area contributed by atoms with E-state index in [9.17, 15) is 4.79 Å². The Morgan fingerprint density at radius 2 is 1.94 bits per heavy atom. The maximum atomic E-state index is 12.0. The Hall–Kier alpha value is -1.31. The van der Waals surface area contributed by atoms with Gasteiger partial charge in [0.1, 0.15) is 0 Å². The lowest BCUT2D eigenvalue weighted by molar-refractivity contribution is -0.119. The summed E-state index contributed by atoms with van der Waals surface area (Å²) in [6, 6.07) is 6.05. The number of carbonyl (C=O) groups excluding carboxylic acids is 1. The molecule has 0 aliphatic rings. The molecule has 0 fully saturated rings. The van der Waals surface area contributed by atoms with Crippen LogP contribution in [0.2, 0.25) is 0 Å². The first-order chi connectivity index (χ1) is 8.54. The van der Waals surface area contributed by atoms with Crippen LogP contribution in [0.3, 0.4) is 0 Å². The number of nitrogens with one attached hydrogen (secondary N) is 1. The van der Waals surface area contributed by atoms with Crippen molar-refractivity contribution in [1.82, 2.24) is 0 Å². The highest BCUT2D eigenvalue weighted by Gasteiger charge is 2.12. The minimum atomic E-state index is 0.0955. The average Bonchev–Trinajstić information content (AvgIpc) is 2.34. The third-order valence-corrected chi connectivity index (χ3v) is 3.46. The van der Waals surface area contributed by atoms with Crippen LogP contribution in [0.15, 0.2) is 18.2 Å². The molecule has 0 saturated heterocycles. The SMILES string of the molecule is CCCCCC(C)C(=O)Nc1ccc(C)c(C)c1. The Kier molecular flexibility index (Phi) is 5.90. The topological polar surface area (TPSA) is 29.1 Å². The molecule has 1 N–H and O–H groups in total. The Morgan fingerprint density at radius 3 is 2.56 bits per heavy atom. The van der Waals surface area contributed by atoms with E-state index in [0.29, 0.717) is 0 Å². The average molecular weight is 247 g/mol. The fourth-order valence-electron chi connectivity index (χ4n) is 1.92. The summed E-state index contributed by atoms with van der Waals surface area (Å²) in [4.78, 5) is 12.0. The number of rotatable bonds is 6. The van der Waals surface area contributed by atoms with Crippen LogP contribution in [0.4, 0.5) is 5.69 Å². The molecule has 1 amide bonds. The van der Waals surface area contributed by atoms with E-state index in [2.05, 4.69) is 26.1 Å². The van der Waals surface area contributed by atoms with Crippen molar-refractivity contribution in [2.75, 3.05) is 5.32 Å². The van der Waals surface area contributed by atoms with Crippen LogP contribution in [-0.4, -0.2) is 5.91 Å². The monoisotopic (exact) mass is 247 g/mol. The van der Waals surface area contributed by atoms with Gasteiger partial charge in [-0.25, -0.2) is 0 Å². The normalized spacial score (nSPS) is 12.2. The number of amides is 1. The van der Waals surface area contributed by atoms with E-state index in [-0.39, 0.29) is 11.8 Å². The Morgan fingerprint density at radius 1 is 1.22 bits per heavy atom. The first-order valence-corrected chi connectivity index (χ1v) is 6.92. The largest absolute Gasteiger partial charge is 0.326 e. The van der Waals surface area contributed by atoms with Crippen LogP contribution >= 0.6 is 0 Å². The summed E-state index contributed by atoms with van der Waals surface area (Å²) in [5.74, 6) is 0.229. The molecule has 1 rings (SSSR count). The molecule has 0 spiro atoms. The van der Waals surface area contributed by atoms with E-state index in [1.807, 2.05) is 25.1 Å². The first-order valence-electron chi connectivity index (χ1n) is 6.92. The van der Waals surface area contributed by atoms with Crippen molar-refractivity contribution in [3.63, 3.8) is 0 Å². The Balaban J connectivity index is 2.50. The second-order valence-corrected chi connectivity index (χ2v) is 5.19. The zero-order valence-corrected chi connectivity index (χ0v) is 12.0. The molecule has 1 aromatic carbocycles. The zero-order valence-electron chi connectivity index (χ0n) is 12.0. The van der Waals surface area contributed by atoms with Gasteiger partial charge in [0.05, 0.1) is 0 Å². The molecule has 0 aliphatic carbocycles. The van der Waals surface area contributed by atoms with Crippen LogP contribution in [0, 0.1) is 19.8 Å². The lowest BCUT2D eigenvalue weighted by Gasteiger charge is -2.13. The van der Waals surface area contributed by atoms with Gasteiger partial charge in [0.25, 0.3) is 0 Å². The zero-order chi connectivity index (χ0) is 13.5. The maximum absolute atomic E-state index is 12.0. The fourth-order valence-corrected chi connectivity index (χ4v) is 1.92. The van der Waals surface area contributed by atoms with Gasteiger partial charge in [0, 0.05) is 11.6 Å². The van der Waals surface area contributed by atoms with E-state index < -0.39 is 0 Å². The van der Waals surface area contributed by atoms with Gasteiger partial charge >= 0.3 is 0 Å². The van der Waals surface area contributed by atoms with E-state index in [1.54, 1.807) is 0 Å². The summed E-state index contributed by atoms with van der Waals surface area (Å²) in [7, 11) is 0. The Labute approximate surface area is 111 Å². The fraction of sp³-hybridized carbons (Fsp3) is 0.562. The van der Waals surface area contributed by atoms with Gasteiger partial charge < -0.3 is 5.32 Å². The molecule has 0 aliphatic heterocycles. The number of unbranched alkanes of at least 4 members (excludes halogenated alkanes) is 2. The minimum absolute atomic E-state index is 0.0955. The molecule has 1 aromatic rings. The van der Waals surface area contributed by atoms with E-state index >= 15 is 0 Å². The van der Waals surface area contributed by atoms with Crippen LogP contribution in [0.5, 0.6) is 0 Å². The van der Waals surface area contributed by atoms with Crippen molar-refractivity contribution in [3.05, 3.63) is 29.3 Å². The molecule has 0 bridgehead atoms. The van der Waals surface area contributed by atoms with Crippen molar-refractivity contribution in [1.29, 1.82) is 0 Å². The van der Waals surface area contributed by atoms with E-state index in [1.165, 1.54) is 24.0 Å². The lowest BCUT2D eigenvalue weighted by atomic mass is 10.0. The third kappa shape index (κ3) is 4.52. The van der Waals surface area contributed by atoms with Crippen LogP contribution < -0.4 is 5.32 Å². The highest BCUT2D eigenvalue weighted by atomic mass is 16.1. The van der Waals surface area contributed by atoms with Crippen molar-refractivity contribution < 1.29 is 4.79 Å². The summed E-state index contributed by atoms with van der Waals surface area (Å²) in [5, 5.41) is 3.00. The van der Waals surface area contributed by atoms with Gasteiger partial charge in [-0.15, -0.1) is 0 Å². The maximum Gasteiger partial charge on any atom is 0.227 e. The summed E-state index contributed by atoms with van der Waals surface area (Å²) >= 11 is 0. The number of hydrogen-bond donors (Lipinski definition) is 1. The summed E-state index contributed by atoms with van der Waals surface area (Å²) < 4.78 is 0. The molecule has 0 aromatic heterocycles. The predicted molar refractivity (Wildman–Crippen MR) is 77.9 cm³/mol. The standard InChI is InChI=1S/C16H25NO/c1-5-6-7-8-13(3)16(18)17-15-10-9-12(2)14(4)11-15/h9-11,13H,5-8H2,1-4H3,(H,17,18). The van der Waals surface area contributed by atoms with Crippen molar-refractivity contribution in [2.24, 2.45) is 5.92 Å². The predicted octanol–water partition coefficient (Wildman–Crippen LogP) is 4.46. The third-order valence-electron chi connectivity index (χ3n) is 3.46. The molecule has 1 unspecified atom stereocenters. The molecular formula is C16H25NO. The Bertz CT molecular complexity index is 398. The quantitative estimate of drug-likeness (QED) is 0.739. The molecule has 0 radical (unpaired) electrons. The van der Waals surface area contributed by atoms with Gasteiger partial charge in [0.15, 0.2) is 0 Å². The van der Waals surface area contributed by atoms with Gasteiger partial charge in [-0.1, -0.05) is 39.2 Å². The molecule has 2 nitrogen and oxygen atoms in total. The van der Waals surface area contributed by atoms with E-state index in [0.717, 1.165) is 18.5 Å². The van der Waals surface area contributed by atoms with Crippen LogP contribution in [-0.2, 0) is 4.79 Å². The minimum Gasteiger partial charge on any atom is -0.326 e. The second-order valence-electron chi connectivity index (χ2n) is 5.19. The number of anilines is 1. The smallest absolute Gasteiger partial charge is 0.227 e. The molecule has 2 heteroatoms. The first kappa shape index (κ1) is 14.7. The number of carbonyl (C=O) groups is 1. The van der Waals surface area contributed by atoms with Crippen LogP contribution in [0.25, 0.3) is 0 Å². The van der Waals surface area contributed by atoms with E-state index in [4.69, 9.17) is 0 Å². The highest BCUT2D eigenvalue weighted by molar-refractivity contribution is 5.92. The second kappa shape index (κ2) is 7.20. The molecule has 1 atom stereocenters. The summed E-state index contributed by atoms with van der Waals surface area (Å²) in [6.45, 7) is 8.33. The van der Waals surface area contributed by atoms with Crippen molar-refractivity contribution >= 4 is 11.6 Å². The van der Waals surface area contributed by atoms with Gasteiger partial charge in [0.2, 0.25) is 5.91 Å². The molecular weight excluding hydrogens is 222 g/mol. The lowest BCUT2D eigenvalue weighted by Crippen LogP contribution is -2.20. The summed E-state index contributed by atoms with van der Waals surface area (Å²) in [6.07, 6.45) is 4.52. The molecule has 0 heterocycles. The van der Waals surface area contributed by atoms with Crippen LogP contribution in [0.1, 0.15) is 50.7 Å². The van der Waals surface area contributed by atoms with Crippen molar-refractivity contribution in [3.8, 4) is 0 Å².